The Hall–Kier alpha value is -1.92. The number of halogens is 3. The summed E-state index contributed by atoms with van der Waals surface area (Å²) in [7, 11) is 0. The molecule has 1 aromatic carbocycles. The van der Waals surface area contributed by atoms with Crippen LogP contribution in [0.2, 0.25) is 0 Å². The molecule has 1 unspecified atom stereocenters. The van der Waals surface area contributed by atoms with Crippen LogP contribution < -0.4 is 10.2 Å². The van der Waals surface area contributed by atoms with E-state index >= 15 is 0 Å². The van der Waals surface area contributed by atoms with E-state index in [9.17, 15) is 18.0 Å². The van der Waals surface area contributed by atoms with E-state index in [4.69, 9.17) is 5.11 Å². The van der Waals surface area contributed by atoms with Crippen molar-refractivity contribution in [3.05, 3.63) is 29.8 Å². The summed E-state index contributed by atoms with van der Waals surface area (Å²) in [6, 6.07) is 5.38. The molecule has 4 nitrogen and oxygen atoms in total. The molecule has 2 N–H and O–H groups in total. The molecule has 1 aliphatic heterocycles. The number of amides is 1. The van der Waals surface area contributed by atoms with Crippen molar-refractivity contribution in [2.45, 2.75) is 51.9 Å². The zero-order chi connectivity index (χ0) is 19.3. The summed E-state index contributed by atoms with van der Waals surface area (Å²) in [5, 5.41) is 11.7. The molecule has 0 spiro atoms. The highest BCUT2D eigenvalue weighted by atomic mass is 19.4. The minimum Gasteiger partial charge on any atom is -0.465 e. The Labute approximate surface area is 151 Å². The molecule has 0 bridgehead atoms. The van der Waals surface area contributed by atoms with E-state index in [-0.39, 0.29) is 29.3 Å². The zero-order valence-corrected chi connectivity index (χ0v) is 15.2. The van der Waals surface area contributed by atoms with Gasteiger partial charge in [0.05, 0.1) is 5.56 Å². The van der Waals surface area contributed by atoms with E-state index in [1.165, 1.54) is 12.1 Å². The van der Waals surface area contributed by atoms with Gasteiger partial charge in [0.1, 0.15) is 0 Å². The molecule has 0 aromatic heterocycles. The van der Waals surface area contributed by atoms with Gasteiger partial charge < -0.3 is 15.3 Å². The smallest absolute Gasteiger partial charge is 0.416 e. The fourth-order valence-electron chi connectivity index (χ4n) is 4.90. The second-order valence-electron chi connectivity index (χ2n) is 8.47. The van der Waals surface area contributed by atoms with E-state index in [1.807, 2.05) is 0 Å². The Kier molecular flexibility index (Phi) is 4.61. The van der Waals surface area contributed by atoms with Crippen LogP contribution in [0, 0.1) is 17.3 Å². The van der Waals surface area contributed by atoms with Gasteiger partial charge in [-0.15, -0.1) is 0 Å². The lowest BCUT2D eigenvalue weighted by molar-refractivity contribution is -0.137. The number of benzene rings is 1. The van der Waals surface area contributed by atoms with Gasteiger partial charge >= 0.3 is 12.3 Å². The third-order valence-electron chi connectivity index (χ3n) is 5.73. The molecule has 3 rings (SSSR count). The van der Waals surface area contributed by atoms with Crippen molar-refractivity contribution in [1.82, 2.24) is 5.32 Å². The molecule has 2 fully saturated rings. The largest absolute Gasteiger partial charge is 0.465 e. The number of nitrogens with one attached hydrogen (secondary N) is 1. The fourth-order valence-corrected chi connectivity index (χ4v) is 4.90. The van der Waals surface area contributed by atoms with Crippen molar-refractivity contribution in [3.63, 3.8) is 0 Å². The Morgan fingerprint density at radius 2 is 1.88 bits per heavy atom. The third-order valence-corrected chi connectivity index (χ3v) is 5.73. The summed E-state index contributed by atoms with van der Waals surface area (Å²) in [6.07, 6.45) is -3.76. The Morgan fingerprint density at radius 1 is 1.19 bits per heavy atom. The predicted octanol–water partition coefficient (Wildman–Crippen LogP) is 4.60. The van der Waals surface area contributed by atoms with E-state index in [1.54, 1.807) is 6.07 Å². The van der Waals surface area contributed by atoms with Gasteiger partial charge in [-0.1, -0.05) is 26.8 Å². The number of rotatable bonds is 2. The summed E-state index contributed by atoms with van der Waals surface area (Å²) < 4.78 is 39.4. The van der Waals surface area contributed by atoms with Crippen LogP contribution in [0.1, 0.15) is 39.2 Å². The molecule has 1 heterocycles. The molecule has 1 saturated heterocycles. The number of anilines is 1. The minimum absolute atomic E-state index is 0.0663. The zero-order valence-electron chi connectivity index (χ0n) is 15.2. The number of alkyl halides is 3. The van der Waals surface area contributed by atoms with Crippen molar-refractivity contribution in [3.8, 4) is 0 Å². The SMILES string of the molecule is CC(C)(C)C1[C@H]2CC[C@H](NC(=O)O)[C@H]2CN1c1cccc(C(F)(F)F)c1. The summed E-state index contributed by atoms with van der Waals surface area (Å²) in [4.78, 5) is 13.1. The van der Waals surface area contributed by atoms with Crippen molar-refractivity contribution in [1.29, 1.82) is 0 Å². The molecule has 144 valence electrons. The van der Waals surface area contributed by atoms with Crippen molar-refractivity contribution >= 4 is 11.8 Å². The second-order valence-corrected chi connectivity index (χ2v) is 8.47. The van der Waals surface area contributed by atoms with Crippen LogP contribution in [0.3, 0.4) is 0 Å². The normalized spacial score (nSPS) is 28.9. The number of fused-ring (bicyclic) bond motifs is 1. The van der Waals surface area contributed by atoms with Gasteiger partial charge in [0.2, 0.25) is 0 Å². The highest BCUT2D eigenvalue weighted by Gasteiger charge is 2.52. The quantitative estimate of drug-likeness (QED) is 0.800. The van der Waals surface area contributed by atoms with E-state index in [2.05, 4.69) is 31.0 Å². The topological polar surface area (TPSA) is 52.6 Å². The van der Waals surface area contributed by atoms with Crippen LogP contribution in [0.15, 0.2) is 24.3 Å². The first-order valence-corrected chi connectivity index (χ1v) is 8.92. The average molecular weight is 370 g/mol. The number of nitrogens with zero attached hydrogens (tertiary/aromatic N) is 1. The molecular weight excluding hydrogens is 345 g/mol. The number of carbonyl (C=O) groups is 1. The first-order chi connectivity index (χ1) is 12.0. The van der Waals surface area contributed by atoms with Gasteiger partial charge in [0.15, 0.2) is 0 Å². The van der Waals surface area contributed by atoms with Crippen LogP contribution in [0.25, 0.3) is 0 Å². The van der Waals surface area contributed by atoms with Crippen LogP contribution in [0.4, 0.5) is 23.7 Å². The molecule has 2 aliphatic rings. The first-order valence-electron chi connectivity index (χ1n) is 8.92. The predicted molar refractivity (Wildman–Crippen MR) is 93.2 cm³/mol. The van der Waals surface area contributed by atoms with Crippen molar-refractivity contribution in [2.24, 2.45) is 17.3 Å². The van der Waals surface area contributed by atoms with Crippen LogP contribution in [-0.2, 0) is 6.18 Å². The standard InChI is InChI=1S/C19H25F3N2O2/c1-18(2,3)16-13-7-8-15(23-17(25)26)14(13)10-24(16)12-6-4-5-11(9-12)19(20,21)22/h4-6,9,13-16,23H,7-8,10H2,1-3H3,(H,25,26)/t13-,14-,15-,16?/m0/s1. The molecule has 26 heavy (non-hydrogen) atoms. The first kappa shape index (κ1) is 18.9. The maximum absolute atomic E-state index is 13.1. The lowest BCUT2D eigenvalue weighted by Gasteiger charge is -2.39. The Bertz CT molecular complexity index is 684. The Morgan fingerprint density at radius 3 is 2.46 bits per heavy atom. The number of hydrogen-bond donors (Lipinski definition) is 2. The summed E-state index contributed by atoms with van der Waals surface area (Å²) >= 11 is 0. The summed E-state index contributed by atoms with van der Waals surface area (Å²) in [5.74, 6) is 0.381. The molecular formula is C19H25F3N2O2. The molecule has 7 heteroatoms. The third kappa shape index (κ3) is 3.48. The maximum Gasteiger partial charge on any atom is 0.416 e. The number of carboxylic acid groups (broad SMARTS) is 1. The molecule has 1 amide bonds. The molecule has 1 aromatic rings. The number of hydrogen-bond acceptors (Lipinski definition) is 2. The van der Waals surface area contributed by atoms with E-state index in [0.29, 0.717) is 12.2 Å². The maximum atomic E-state index is 13.1. The van der Waals surface area contributed by atoms with E-state index < -0.39 is 17.8 Å². The van der Waals surface area contributed by atoms with Crippen LogP contribution in [-0.4, -0.2) is 29.8 Å². The van der Waals surface area contributed by atoms with Crippen molar-refractivity contribution in [2.75, 3.05) is 11.4 Å². The van der Waals surface area contributed by atoms with Crippen LogP contribution >= 0.6 is 0 Å². The molecule has 1 saturated carbocycles. The second kappa shape index (κ2) is 6.35. The van der Waals surface area contributed by atoms with Crippen molar-refractivity contribution < 1.29 is 23.1 Å². The molecule has 1 aliphatic carbocycles. The van der Waals surface area contributed by atoms with Gasteiger partial charge in [-0.2, -0.15) is 13.2 Å². The lowest BCUT2D eigenvalue weighted by Crippen LogP contribution is -2.43. The highest BCUT2D eigenvalue weighted by Crippen LogP contribution is 2.50. The highest BCUT2D eigenvalue weighted by molar-refractivity contribution is 5.65. The van der Waals surface area contributed by atoms with Gasteiger partial charge in [0.25, 0.3) is 0 Å². The minimum atomic E-state index is -4.38. The Balaban J connectivity index is 1.95. The van der Waals surface area contributed by atoms with Gasteiger partial charge in [-0.05, 0) is 42.4 Å². The molecule has 0 radical (unpaired) electrons. The monoisotopic (exact) mass is 370 g/mol. The van der Waals surface area contributed by atoms with Crippen LogP contribution in [0.5, 0.6) is 0 Å². The van der Waals surface area contributed by atoms with Gasteiger partial charge in [-0.3, -0.25) is 0 Å². The van der Waals surface area contributed by atoms with Gasteiger partial charge in [-0.25, -0.2) is 4.79 Å². The van der Waals surface area contributed by atoms with Gasteiger partial charge in [0, 0.05) is 30.2 Å². The lowest BCUT2D eigenvalue weighted by atomic mass is 9.77. The average Bonchev–Trinajstić information content (AvgIpc) is 3.05. The summed E-state index contributed by atoms with van der Waals surface area (Å²) in [6.45, 7) is 6.86. The van der Waals surface area contributed by atoms with E-state index in [0.717, 1.165) is 18.9 Å². The fraction of sp³-hybridized carbons (Fsp3) is 0.632. The molecule has 4 atom stereocenters. The summed E-state index contributed by atoms with van der Waals surface area (Å²) in [5.41, 5.74) is -0.227.